The maximum absolute atomic E-state index is 13.5. The standard InChI is InChI=1S/C22H19F27N2O6/c1-8(9(52)53)51-50-2-3-54-4-10(5-55-11(14(23,24)25,15(26,27)28)16(29,30)31,6-56-12(17(32,33)34,18(35,36)37)19(38,39)40)7-57-13(20(41,42)43,21(44,45)46)22(47,48)49/h8,50-51H,2-7H2,1H3,(H,52,53)/t8-/m0/s1. The van der Waals surface area contributed by atoms with Crippen LogP contribution in [0.1, 0.15) is 6.92 Å². The first-order chi connectivity index (χ1) is 24.7. The van der Waals surface area contributed by atoms with E-state index < -0.39 is 129 Å². The van der Waals surface area contributed by atoms with Gasteiger partial charge in [-0.2, -0.15) is 119 Å². The highest BCUT2D eigenvalue weighted by molar-refractivity contribution is 5.72. The van der Waals surface area contributed by atoms with E-state index >= 15 is 0 Å². The molecule has 0 saturated carbocycles. The number of rotatable bonds is 17. The van der Waals surface area contributed by atoms with Crippen LogP contribution < -0.4 is 10.9 Å². The molecule has 0 fully saturated rings. The van der Waals surface area contributed by atoms with Crippen molar-refractivity contribution in [3.8, 4) is 0 Å². The van der Waals surface area contributed by atoms with E-state index in [0.717, 1.165) is 6.92 Å². The van der Waals surface area contributed by atoms with Gasteiger partial charge in [-0.3, -0.25) is 10.2 Å². The first kappa shape index (κ1) is 54.3. The monoisotopic (exact) mass is 920 g/mol. The minimum absolute atomic E-state index is 0.782. The second-order valence-corrected chi connectivity index (χ2v) is 11.1. The van der Waals surface area contributed by atoms with Gasteiger partial charge in [-0.25, -0.2) is 5.43 Å². The Labute approximate surface area is 295 Å². The van der Waals surface area contributed by atoms with Crippen LogP contribution in [0.2, 0.25) is 0 Å². The van der Waals surface area contributed by atoms with E-state index in [1.165, 1.54) is 0 Å². The molecule has 0 aliphatic rings. The molecule has 0 aliphatic carbocycles. The van der Waals surface area contributed by atoms with Crippen LogP contribution in [0.15, 0.2) is 0 Å². The average Bonchev–Trinajstić information content (AvgIpc) is 2.88. The zero-order valence-electron chi connectivity index (χ0n) is 26.5. The third-order valence-corrected chi connectivity index (χ3v) is 6.85. The van der Waals surface area contributed by atoms with E-state index in [2.05, 4.69) is 18.9 Å². The molecule has 0 amide bonds. The highest BCUT2D eigenvalue weighted by Crippen LogP contribution is 2.59. The van der Waals surface area contributed by atoms with Gasteiger partial charge in [-0.05, 0) is 6.92 Å². The number of ether oxygens (including phenoxy) is 4. The van der Waals surface area contributed by atoms with Gasteiger partial charge in [0.2, 0.25) is 0 Å². The first-order valence-corrected chi connectivity index (χ1v) is 13.5. The minimum Gasteiger partial charge on any atom is -0.480 e. The van der Waals surface area contributed by atoms with Crippen LogP contribution >= 0.6 is 0 Å². The Hall–Kier alpha value is -2.66. The summed E-state index contributed by atoms with van der Waals surface area (Å²) in [6, 6.07) is -1.69. The van der Waals surface area contributed by atoms with E-state index in [9.17, 15) is 123 Å². The van der Waals surface area contributed by atoms with Crippen LogP contribution in [-0.4, -0.2) is 129 Å². The maximum atomic E-state index is 13.5. The third-order valence-electron chi connectivity index (χ3n) is 6.85. The van der Waals surface area contributed by atoms with Gasteiger partial charge >= 0.3 is 78.4 Å². The van der Waals surface area contributed by atoms with Gasteiger partial charge in [0.05, 0.1) is 38.4 Å². The Morgan fingerprint density at radius 3 is 0.877 bits per heavy atom. The van der Waals surface area contributed by atoms with Gasteiger partial charge in [-0.15, -0.1) is 0 Å². The molecule has 0 aromatic rings. The molecule has 1 atom stereocenters. The Morgan fingerprint density at radius 2 is 0.684 bits per heavy atom. The van der Waals surface area contributed by atoms with E-state index in [4.69, 9.17) is 5.11 Å². The number of hydrogen-bond acceptors (Lipinski definition) is 7. The second kappa shape index (κ2) is 16.8. The average molecular weight is 920 g/mol. The quantitative estimate of drug-likeness (QED) is 0.0771. The maximum Gasteiger partial charge on any atom is 0.435 e. The normalized spacial score (nSPS) is 16.3. The van der Waals surface area contributed by atoms with Crippen molar-refractivity contribution in [2.75, 3.05) is 39.6 Å². The van der Waals surface area contributed by atoms with E-state index in [0.29, 0.717) is 0 Å². The lowest BCUT2D eigenvalue weighted by Crippen LogP contribution is -2.71. The zero-order chi connectivity index (χ0) is 46.1. The summed E-state index contributed by atoms with van der Waals surface area (Å²) in [6.07, 6.45) is -72.7. The fraction of sp³-hybridized carbons (Fsp3) is 0.955. The predicted molar refractivity (Wildman–Crippen MR) is 122 cm³/mol. The molecule has 342 valence electrons. The highest BCUT2D eigenvalue weighted by atomic mass is 19.5. The molecule has 8 nitrogen and oxygen atoms in total. The summed E-state index contributed by atoms with van der Waals surface area (Å²) in [5.41, 5.74) is -25.6. The summed E-state index contributed by atoms with van der Waals surface area (Å²) < 4.78 is 378. The van der Waals surface area contributed by atoms with Gasteiger partial charge in [0.1, 0.15) is 6.04 Å². The summed E-state index contributed by atoms with van der Waals surface area (Å²) in [4.78, 5) is 10.7. The number of aliphatic carboxylic acids is 1. The molecule has 0 heterocycles. The molecular formula is C22H19F27N2O6. The summed E-state index contributed by atoms with van der Waals surface area (Å²) >= 11 is 0. The number of nitrogens with one attached hydrogen (secondary N) is 2. The fourth-order valence-electron chi connectivity index (χ4n) is 3.92. The Balaban J connectivity index is 8.24. The molecule has 0 radical (unpaired) electrons. The molecule has 0 aromatic heterocycles. The molecule has 0 bridgehead atoms. The molecule has 0 unspecified atom stereocenters. The number of hydrazine groups is 1. The van der Waals surface area contributed by atoms with E-state index in [1.54, 1.807) is 10.9 Å². The Bertz CT molecular complexity index is 1060. The van der Waals surface area contributed by atoms with Crippen molar-refractivity contribution in [1.29, 1.82) is 0 Å². The van der Waals surface area contributed by atoms with Crippen molar-refractivity contribution >= 4 is 5.97 Å². The fourth-order valence-corrected chi connectivity index (χ4v) is 3.92. The predicted octanol–water partition coefficient (Wildman–Crippen LogP) is 7.88. The lowest BCUT2D eigenvalue weighted by molar-refractivity contribution is -0.474. The number of hydrogen-bond donors (Lipinski definition) is 3. The van der Waals surface area contributed by atoms with Crippen molar-refractivity contribution in [2.24, 2.45) is 5.41 Å². The van der Waals surface area contributed by atoms with Crippen molar-refractivity contribution in [3.05, 3.63) is 0 Å². The van der Waals surface area contributed by atoms with Gasteiger partial charge in [0, 0.05) is 6.54 Å². The number of alkyl halides is 27. The topological polar surface area (TPSA) is 98.3 Å². The lowest BCUT2D eigenvalue weighted by atomic mass is 9.89. The van der Waals surface area contributed by atoms with Gasteiger partial charge < -0.3 is 24.1 Å². The zero-order valence-corrected chi connectivity index (χ0v) is 26.5. The number of carboxylic acids is 1. The van der Waals surface area contributed by atoms with E-state index in [1.807, 2.05) is 0 Å². The van der Waals surface area contributed by atoms with Crippen LogP contribution in [0.25, 0.3) is 0 Å². The highest BCUT2D eigenvalue weighted by Gasteiger charge is 2.88. The van der Waals surface area contributed by atoms with Crippen LogP contribution in [0, 0.1) is 5.41 Å². The van der Waals surface area contributed by atoms with Gasteiger partial charge in [-0.1, -0.05) is 0 Å². The van der Waals surface area contributed by atoms with Crippen LogP contribution in [0.3, 0.4) is 0 Å². The Kier molecular flexibility index (Phi) is 16.0. The van der Waals surface area contributed by atoms with Crippen molar-refractivity contribution in [3.63, 3.8) is 0 Å². The SMILES string of the molecule is C[C@H](NNCCOCC(COC(C(F)(F)F)(C(F)(F)F)C(F)(F)F)(COC(C(F)(F)F)(C(F)(F)F)C(F)(F)F)COC(C(F)(F)F)(C(F)(F)F)C(F)(F)F)C(=O)O. The molecule has 3 N–H and O–H groups in total. The van der Waals surface area contributed by atoms with Gasteiger partial charge in [0.15, 0.2) is 0 Å². The summed E-state index contributed by atoms with van der Waals surface area (Å²) in [5, 5.41) is 8.68. The van der Waals surface area contributed by atoms with Crippen LogP contribution in [0.5, 0.6) is 0 Å². The second-order valence-electron chi connectivity index (χ2n) is 11.1. The molecule has 35 heteroatoms. The van der Waals surface area contributed by atoms with Crippen LogP contribution in [0.4, 0.5) is 119 Å². The molecule has 57 heavy (non-hydrogen) atoms. The minimum atomic E-state index is -8.07. The van der Waals surface area contributed by atoms with Crippen molar-refractivity contribution in [1.82, 2.24) is 10.9 Å². The van der Waals surface area contributed by atoms with Gasteiger partial charge in [0.25, 0.3) is 0 Å². The van der Waals surface area contributed by atoms with Crippen LogP contribution in [-0.2, 0) is 23.7 Å². The molecule has 0 aromatic carbocycles. The summed E-state index contributed by atoms with van der Waals surface area (Å²) in [7, 11) is 0. The molecule has 0 spiro atoms. The lowest BCUT2D eigenvalue weighted by Gasteiger charge is -2.45. The largest absolute Gasteiger partial charge is 0.480 e. The third kappa shape index (κ3) is 10.9. The molecule has 0 saturated heterocycles. The number of carboxylic acid groups (broad SMARTS) is 1. The molecular weight excluding hydrogens is 901 g/mol. The number of carbonyl (C=O) groups is 1. The van der Waals surface area contributed by atoms with Crippen molar-refractivity contribution < 1.29 is 147 Å². The summed E-state index contributed by atoms with van der Waals surface area (Å²) in [6.45, 7) is -17.2. The van der Waals surface area contributed by atoms with Crippen molar-refractivity contribution in [2.45, 2.75) is 85.4 Å². The number of halogens is 27. The summed E-state index contributed by atoms with van der Waals surface area (Å²) in [5.74, 6) is -1.75. The molecule has 0 rings (SSSR count). The Morgan fingerprint density at radius 1 is 0.456 bits per heavy atom. The molecule has 0 aliphatic heterocycles. The first-order valence-electron chi connectivity index (χ1n) is 13.5. The van der Waals surface area contributed by atoms with E-state index in [-0.39, 0.29) is 0 Å². The smallest absolute Gasteiger partial charge is 0.435 e.